The number of aliphatic carboxylic acids is 1. The highest BCUT2D eigenvalue weighted by molar-refractivity contribution is 5.85. The Hall–Kier alpha value is -1.86. The van der Waals surface area contributed by atoms with Crippen LogP contribution < -0.4 is 10.6 Å². The fourth-order valence-electron chi connectivity index (χ4n) is 3.81. The van der Waals surface area contributed by atoms with E-state index in [9.17, 15) is 14.0 Å². The van der Waals surface area contributed by atoms with E-state index in [0.29, 0.717) is 36.6 Å². The molecule has 3 rings (SSSR count). The van der Waals surface area contributed by atoms with E-state index >= 15 is 0 Å². The summed E-state index contributed by atoms with van der Waals surface area (Å²) >= 11 is 0. The minimum atomic E-state index is -0.899. The normalized spacial score (nSPS) is 20.3. The number of carbonyl (C=O) groups is 2. The average Bonchev–Trinajstić information content (AvgIpc) is 2.99. The zero-order valence-electron chi connectivity index (χ0n) is 15.2. The van der Waals surface area contributed by atoms with Crippen LogP contribution in [0.5, 0.6) is 0 Å². The number of piperidine rings is 1. The quantitative estimate of drug-likeness (QED) is 0.658. The molecule has 2 aliphatic rings. The van der Waals surface area contributed by atoms with Crippen molar-refractivity contribution in [1.29, 1.82) is 0 Å². The largest absolute Gasteiger partial charge is 0.481 e. The van der Waals surface area contributed by atoms with Gasteiger partial charge in [0.1, 0.15) is 5.82 Å². The molecule has 6 nitrogen and oxygen atoms in total. The fourth-order valence-corrected chi connectivity index (χ4v) is 3.81. The summed E-state index contributed by atoms with van der Waals surface area (Å²) in [6.07, 6.45) is 3.45. The van der Waals surface area contributed by atoms with Gasteiger partial charge < -0.3 is 20.6 Å². The zero-order valence-corrected chi connectivity index (χ0v) is 16.1. The number of amides is 2. The minimum absolute atomic E-state index is 0. The SMILES string of the molecule is Cl.O=C(O)CCc1ccc(C2CNC(=O)N2CCC2CCNCC2)c(F)c1. The van der Waals surface area contributed by atoms with Gasteiger partial charge in [-0.05, 0) is 56.3 Å². The van der Waals surface area contributed by atoms with Crippen molar-refractivity contribution in [3.8, 4) is 0 Å². The maximum atomic E-state index is 14.6. The van der Waals surface area contributed by atoms with Gasteiger partial charge in [0.05, 0.1) is 6.04 Å². The second-order valence-corrected chi connectivity index (χ2v) is 7.13. The van der Waals surface area contributed by atoms with E-state index in [4.69, 9.17) is 5.11 Å². The second-order valence-electron chi connectivity index (χ2n) is 7.13. The van der Waals surface area contributed by atoms with Crippen LogP contribution in [-0.2, 0) is 11.2 Å². The van der Waals surface area contributed by atoms with Crippen LogP contribution in [0, 0.1) is 11.7 Å². The molecule has 0 aliphatic carbocycles. The first-order valence-electron chi connectivity index (χ1n) is 9.30. The van der Waals surface area contributed by atoms with E-state index in [1.165, 1.54) is 6.07 Å². The number of carboxylic acid groups (broad SMARTS) is 1. The Balaban J connectivity index is 0.00000261. The maximum absolute atomic E-state index is 14.6. The molecule has 2 heterocycles. The standard InChI is InChI=1S/C19H26FN3O3.ClH/c20-16-11-14(2-4-18(24)25)1-3-15(16)17-12-22-19(26)23(17)10-7-13-5-8-21-9-6-13;/h1,3,11,13,17,21H,2,4-10,12H2,(H,22,26)(H,24,25);1H. The van der Waals surface area contributed by atoms with Gasteiger partial charge in [-0.3, -0.25) is 4.79 Å². The third kappa shape index (κ3) is 5.56. The molecule has 0 aromatic heterocycles. The Kier molecular flexibility index (Phi) is 7.86. The Labute approximate surface area is 164 Å². The molecule has 8 heteroatoms. The lowest BCUT2D eigenvalue weighted by molar-refractivity contribution is -0.136. The van der Waals surface area contributed by atoms with Crippen LogP contribution in [0.25, 0.3) is 0 Å². The summed E-state index contributed by atoms with van der Waals surface area (Å²) in [4.78, 5) is 24.6. The van der Waals surface area contributed by atoms with Crippen molar-refractivity contribution >= 4 is 24.4 Å². The Morgan fingerprint density at radius 1 is 1.30 bits per heavy atom. The average molecular weight is 400 g/mol. The minimum Gasteiger partial charge on any atom is -0.481 e. The summed E-state index contributed by atoms with van der Waals surface area (Å²) in [6.45, 7) is 3.07. The van der Waals surface area contributed by atoms with E-state index in [-0.39, 0.29) is 36.7 Å². The molecule has 1 aromatic carbocycles. The molecule has 1 aromatic rings. The number of aryl methyl sites for hydroxylation is 1. The van der Waals surface area contributed by atoms with Crippen LogP contribution in [0.3, 0.4) is 0 Å². The summed E-state index contributed by atoms with van der Waals surface area (Å²) in [7, 11) is 0. The lowest BCUT2D eigenvalue weighted by Crippen LogP contribution is -2.34. The molecule has 0 spiro atoms. The summed E-state index contributed by atoms with van der Waals surface area (Å²) in [6, 6.07) is 4.40. The first-order chi connectivity index (χ1) is 12.5. The van der Waals surface area contributed by atoms with Gasteiger partial charge in [-0.1, -0.05) is 12.1 Å². The van der Waals surface area contributed by atoms with E-state index < -0.39 is 5.97 Å². The Morgan fingerprint density at radius 3 is 2.70 bits per heavy atom. The van der Waals surface area contributed by atoms with E-state index in [2.05, 4.69) is 10.6 Å². The van der Waals surface area contributed by atoms with E-state index in [0.717, 1.165) is 32.4 Å². The molecular weight excluding hydrogens is 373 g/mol. The highest BCUT2D eigenvalue weighted by Crippen LogP contribution is 2.29. The van der Waals surface area contributed by atoms with Crippen molar-refractivity contribution in [3.05, 3.63) is 35.1 Å². The molecule has 3 N–H and O–H groups in total. The van der Waals surface area contributed by atoms with Crippen molar-refractivity contribution in [2.75, 3.05) is 26.2 Å². The molecule has 2 amide bonds. The number of urea groups is 1. The number of benzene rings is 1. The molecule has 0 saturated carbocycles. The van der Waals surface area contributed by atoms with Crippen molar-refractivity contribution in [2.24, 2.45) is 5.92 Å². The summed E-state index contributed by atoms with van der Waals surface area (Å²) in [5.41, 5.74) is 1.15. The highest BCUT2D eigenvalue weighted by Gasteiger charge is 2.33. The third-order valence-corrected chi connectivity index (χ3v) is 5.37. The summed E-state index contributed by atoms with van der Waals surface area (Å²) < 4.78 is 14.6. The highest BCUT2D eigenvalue weighted by atomic mass is 35.5. The van der Waals surface area contributed by atoms with Crippen LogP contribution in [-0.4, -0.2) is 48.2 Å². The van der Waals surface area contributed by atoms with Crippen LogP contribution in [0.2, 0.25) is 0 Å². The van der Waals surface area contributed by atoms with Crippen LogP contribution in [0.1, 0.15) is 42.9 Å². The van der Waals surface area contributed by atoms with Gasteiger partial charge in [0.2, 0.25) is 0 Å². The van der Waals surface area contributed by atoms with Gasteiger partial charge >= 0.3 is 12.0 Å². The molecule has 2 aliphatic heterocycles. The van der Waals surface area contributed by atoms with Gasteiger partial charge in [0, 0.05) is 25.1 Å². The van der Waals surface area contributed by atoms with Crippen molar-refractivity contribution in [3.63, 3.8) is 0 Å². The van der Waals surface area contributed by atoms with E-state index in [1.54, 1.807) is 17.0 Å². The van der Waals surface area contributed by atoms with Gasteiger partial charge in [0.15, 0.2) is 0 Å². The van der Waals surface area contributed by atoms with Gasteiger partial charge in [0.25, 0.3) is 0 Å². The molecule has 0 radical (unpaired) electrons. The molecule has 2 fully saturated rings. The van der Waals surface area contributed by atoms with Crippen LogP contribution in [0.4, 0.5) is 9.18 Å². The van der Waals surface area contributed by atoms with Crippen molar-refractivity contribution in [1.82, 2.24) is 15.5 Å². The van der Waals surface area contributed by atoms with Crippen LogP contribution in [0.15, 0.2) is 18.2 Å². The zero-order chi connectivity index (χ0) is 18.5. The first kappa shape index (κ1) is 21.4. The maximum Gasteiger partial charge on any atom is 0.318 e. The summed E-state index contributed by atoms with van der Waals surface area (Å²) in [5.74, 6) is -0.668. The number of rotatable bonds is 7. The molecule has 150 valence electrons. The summed E-state index contributed by atoms with van der Waals surface area (Å²) in [5, 5.41) is 14.9. The number of carbonyl (C=O) groups excluding carboxylic acids is 1. The molecule has 1 unspecified atom stereocenters. The third-order valence-electron chi connectivity index (χ3n) is 5.37. The van der Waals surface area contributed by atoms with Crippen LogP contribution >= 0.6 is 12.4 Å². The first-order valence-corrected chi connectivity index (χ1v) is 9.30. The van der Waals surface area contributed by atoms with Gasteiger partial charge in [-0.25, -0.2) is 9.18 Å². The number of hydrogen-bond acceptors (Lipinski definition) is 3. The Morgan fingerprint density at radius 2 is 2.04 bits per heavy atom. The second kappa shape index (κ2) is 9.90. The van der Waals surface area contributed by atoms with Gasteiger partial charge in [-0.2, -0.15) is 0 Å². The number of halogens is 2. The molecule has 1 atom stereocenters. The predicted octanol–water partition coefficient (Wildman–Crippen LogP) is 2.72. The van der Waals surface area contributed by atoms with Gasteiger partial charge in [-0.15, -0.1) is 12.4 Å². The molecular formula is C19H27ClFN3O3. The van der Waals surface area contributed by atoms with Crippen molar-refractivity contribution in [2.45, 2.75) is 38.1 Å². The number of carboxylic acids is 1. The monoisotopic (exact) mass is 399 g/mol. The lowest BCUT2D eigenvalue weighted by Gasteiger charge is -2.28. The molecule has 27 heavy (non-hydrogen) atoms. The number of nitrogens with one attached hydrogen (secondary N) is 2. The topological polar surface area (TPSA) is 81.7 Å². The number of hydrogen-bond donors (Lipinski definition) is 3. The fraction of sp³-hybridized carbons (Fsp3) is 0.579. The number of nitrogens with zero attached hydrogens (tertiary/aromatic N) is 1. The predicted molar refractivity (Wildman–Crippen MR) is 103 cm³/mol. The lowest BCUT2D eigenvalue weighted by atomic mass is 9.94. The van der Waals surface area contributed by atoms with E-state index in [1.807, 2.05) is 0 Å². The Bertz CT molecular complexity index is 668. The smallest absolute Gasteiger partial charge is 0.318 e. The van der Waals surface area contributed by atoms with Crippen molar-refractivity contribution < 1.29 is 19.1 Å². The molecule has 0 bridgehead atoms. The molecule has 2 saturated heterocycles.